The highest BCUT2D eigenvalue weighted by atomic mass is 79.9. The van der Waals surface area contributed by atoms with Gasteiger partial charge < -0.3 is 5.32 Å². The molecule has 1 amide bonds. The van der Waals surface area contributed by atoms with E-state index in [1.165, 1.54) is 0 Å². The van der Waals surface area contributed by atoms with Gasteiger partial charge in [-0.25, -0.2) is 0 Å². The second-order valence-electron chi connectivity index (χ2n) is 4.53. The summed E-state index contributed by atoms with van der Waals surface area (Å²) in [6.45, 7) is 1.91. The lowest BCUT2D eigenvalue weighted by Gasteiger charge is -2.06. The largest absolute Gasteiger partial charge is 0.305 e. The highest BCUT2D eigenvalue weighted by Gasteiger charge is 2.13. The molecule has 0 saturated heterocycles. The molecule has 0 radical (unpaired) electrons. The average molecular weight is 330 g/mol. The molecule has 20 heavy (non-hydrogen) atoms. The first-order chi connectivity index (χ1) is 9.65. The van der Waals surface area contributed by atoms with Crippen LogP contribution >= 0.6 is 15.9 Å². The van der Waals surface area contributed by atoms with Crippen LogP contribution in [0, 0.1) is 6.92 Å². The van der Waals surface area contributed by atoms with Crippen molar-refractivity contribution in [3.8, 4) is 0 Å². The number of nitrogens with one attached hydrogen (secondary N) is 2. The molecule has 0 fully saturated rings. The molecule has 3 rings (SSSR count). The molecule has 2 N–H and O–H groups in total. The highest BCUT2D eigenvalue weighted by Crippen LogP contribution is 2.22. The second kappa shape index (κ2) is 5.09. The molecule has 1 aromatic heterocycles. The van der Waals surface area contributed by atoms with Gasteiger partial charge in [0.15, 0.2) is 5.82 Å². The average Bonchev–Trinajstić information content (AvgIpc) is 2.85. The molecular weight excluding hydrogens is 318 g/mol. The minimum Gasteiger partial charge on any atom is -0.305 e. The fourth-order valence-corrected chi connectivity index (χ4v) is 2.43. The Bertz CT molecular complexity index is 795. The fourth-order valence-electron chi connectivity index (χ4n) is 2.07. The van der Waals surface area contributed by atoms with E-state index in [-0.39, 0.29) is 5.91 Å². The zero-order valence-electron chi connectivity index (χ0n) is 10.8. The Morgan fingerprint density at radius 2 is 2.05 bits per heavy atom. The van der Waals surface area contributed by atoms with Crippen LogP contribution in [0.2, 0.25) is 0 Å². The zero-order valence-corrected chi connectivity index (χ0v) is 12.4. The molecule has 4 nitrogen and oxygen atoms in total. The van der Waals surface area contributed by atoms with Gasteiger partial charge in [-0.05, 0) is 36.8 Å². The Balaban J connectivity index is 1.94. The van der Waals surface area contributed by atoms with Crippen LogP contribution in [0.3, 0.4) is 0 Å². The van der Waals surface area contributed by atoms with Gasteiger partial charge in [0.1, 0.15) is 0 Å². The van der Waals surface area contributed by atoms with Gasteiger partial charge in [0.2, 0.25) is 0 Å². The third-order valence-electron chi connectivity index (χ3n) is 3.15. The number of benzene rings is 2. The number of aromatic nitrogens is 2. The molecule has 0 aliphatic heterocycles. The van der Waals surface area contributed by atoms with Gasteiger partial charge in [0.05, 0.1) is 5.52 Å². The number of hydrogen-bond acceptors (Lipinski definition) is 2. The summed E-state index contributed by atoms with van der Waals surface area (Å²) < 4.78 is 0.875. The minimum atomic E-state index is -0.166. The number of halogens is 1. The maximum atomic E-state index is 12.3. The summed E-state index contributed by atoms with van der Waals surface area (Å²) in [7, 11) is 0. The minimum absolute atomic E-state index is 0.166. The second-order valence-corrected chi connectivity index (χ2v) is 5.45. The summed E-state index contributed by atoms with van der Waals surface area (Å²) in [4.78, 5) is 12.3. The van der Waals surface area contributed by atoms with Crippen LogP contribution in [0.4, 0.5) is 5.82 Å². The first kappa shape index (κ1) is 12.9. The number of amides is 1. The third kappa shape index (κ3) is 2.32. The van der Waals surface area contributed by atoms with E-state index < -0.39 is 0 Å². The van der Waals surface area contributed by atoms with E-state index in [0.29, 0.717) is 11.4 Å². The van der Waals surface area contributed by atoms with Crippen molar-refractivity contribution in [3.05, 3.63) is 58.1 Å². The number of carbonyl (C=O) groups is 1. The highest BCUT2D eigenvalue weighted by molar-refractivity contribution is 9.10. The molecule has 3 aromatic rings. The molecule has 0 saturated carbocycles. The summed E-state index contributed by atoms with van der Waals surface area (Å²) >= 11 is 3.38. The van der Waals surface area contributed by atoms with Gasteiger partial charge in [-0.2, -0.15) is 5.10 Å². The number of hydrogen-bond donors (Lipinski definition) is 2. The van der Waals surface area contributed by atoms with Crippen LogP contribution in [0.5, 0.6) is 0 Å². The van der Waals surface area contributed by atoms with E-state index in [0.717, 1.165) is 20.9 Å². The molecule has 100 valence electrons. The molecule has 0 bridgehead atoms. The van der Waals surface area contributed by atoms with Crippen LogP contribution in [0.25, 0.3) is 10.9 Å². The number of H-pyrrole nitrogens is 1. The molecule has 5 heteroatoms. The summed E-state index contributed by atoms with van der Waals surface area (Å²) in [6.07, 6.45) is 0. The number of anilines is 1. The zero-order chi connectivity index (χ0) is 14.1. The predicted octanol–water partition coefficient (Wildman–Crippen LogP) is 3.89. The van der Waals surface area contributed by atoms with E-state index in [1.807, 2.05) is 43.3 Å². The van der Waals surface area contributed by atoms with Gasteiger partial charge in [0, 0.05) is 15.4 Å². The molecule has 0 aliphatic carbocycles. The van der Waals surface area contributed by atoms with Gasteiger partial charge >= 0.3 is 0 Å². The first-order valence-corrected chi connectivity index (χ1v) is 6.95. The Kier molecular flexibility index (Phi) is 3.28. The number of aromatic amines is 1. The fraction of sp³-hybridized carbons (Fsp3) is 0.0667. The lowest BCUT2D eigenvalue weighted by molar-refractivity contribution is 0.102. The molecule has 0 spiro atoms. The van der Waals surface area contributed by atoms with Crippen molar-refractivity contribution in [2.75, 3.05) is 5.32 Å². The summed E-state index contributed by atoms with van der Waals surface area (Å²) in [5.74, 6) is 0.381. The van der Waals surface area contributed by atoms with E-state index >= 15 is 0 Å². The topological polar surface area (TPSA) is 57.8 Å². The van der Waals surface area contributed by atoms with E-state index in [1.54, 1.807) is 6.07 Å². The van der Waals surface area contributed by atoms with E-state index in [2.05, 4.69) is 31.4 Å². The number of para-hydroxylation sites is 1. The lowest BCUT2D eigenvalue weighted by Crippen LogP contribution is -2.13. The Hall–Kier alpha value is -2.14. The van der Waals surface area contributed by atoms with Crippen molar-refractivity contribution >= 4 is 38.6 Å². The molecular formula is C15H12BrN3O. The van der Waals surface area contributed by atoms with E-state index in [4.69, 9.17) is 0 Å². The van der Waals surface area contributed by atoms with E-state index in [9.17, 15) is 4.79 Å². The maximum Gasteiger partial charge on any atom is 0.257 e. The normalized spacial score (nSPS) is 10.7. The number of nitrogens with zero attached hydrogens (tertiary/aromatic N) is 1. The summed E-state index contributed by atoms with van der Waals surface area (Å²) in [6, 6.07) is 13.3. The predicted molar refractivity (Wildman–Crippen MR) is 82.9 cm³/mol. The smallest absolute Gasteiger partial charge is 0.257 e. The van der Waals surface area contributed by atoms with Crippen molar-refractivity contribution < 1.29 is 4.79 Å². The Labute approximate surface area is 124 Å². The molecule has 1 heterocycles. The number of carbonyl (C=O) groups excluding carboxylic acids is 1. The number of rotatable bonds is 2. The SMILES string of the molecule is Cc1ccc(Br)cc1C(=O)Nc1n[nH]c2ccccc12. The Morgan fingerprint density at radius 1 is 1.25 bits per heavy atom. The van der Waals surface area contributed by atoms with Gasteiger partial charge in [0.25, 0.3) is 5.91 Å². The third-order valence-corrected chi connectivity index (χ3v) is 3.64. The quantitative estimate of drug-likeness (QED) is 0.749. The van der Waals surface area contributed by atoms with Gasteiger partial charge in [-0.15, -0.1) is 0 Å². The van der Waals surface area contributed by atoms with Crippen LogP contribution in [0.15, 0.2) is 46.9 Å². The monoisotopic (exact) mass is 329 g/mol. The van der Waals surface area contributed by atoms with Crippen LogP contribution < -0.4 is 5.32 Å². The van der Waals surface area contributed by atoms with Crippen LogP contribution in [-0.4, -0.2) is 16.1 Å². The molecule has 0 atom stereocenters. The lowest BCUT2D eigenvalue weighted by atomic mass is 10.1. The first-order valence-electron chi connectivity index (χ1n) is 6.16. The van der Waals surface area contributed by atoms with Crippen molar-refractivity contribution in [3.63, 3.8) is 0 Å². The summed E-state index contributed by atoms with van der Waals surface area (Å²) in [5.41, 5.74) is 2.45. The van der Waals surface area contributed by atoms with Crippen molar-refractivity contribution in [1.29, 1.82) is 0 Å². The molecule has 0 unspecified atom stereocenters. The van der Waals surface area contributed by atoms with Crippen molar-refractivity contribution in [2.45, 2.75) is 6.92 Å². The Morgan fingerprint density at radius 3 is 2.90 bits per heavy atom. The number of aryl methyl sites for hydroxylation is 1. The van der Waals surface area contributed by atoms with Crippen LogP contribution in [0.1, 0.15) is 15.9 Å². The molecule has 0 aliphatic rings. The number of fused-ring (bicyclic) bond motifs is 1. The van der Waals surface area contributed by atoms with Gasteiger partial charge in [-0.1, -0.05) is 34.1 Å². The van der Waals surface area contributed by atoms with Crippen molar-refractivity contribution in [2.24, 2.45) is 0 Å². The maximum absolute atomic E-state index is 12.3. The molecule has 2 aromatic carbocycles. The van der Waals surface area contributed by atoms with Crippen molar-refractivity contribution in [1.82, 2.24) is 10.2 Å². The summed E-state index contributed by atoms with van der Waals surface area (Å²) in [5, 5.41) is 10.8. The standard InChI is InChI=1S/C15H12BrN3O/c1-9-6-7-10(16)8-12(9)15(20)17-14-11-4-2-3-5-13(11)18-19-14/h2-8H,1H3,(H2,17,18,19,20). The van der Waals surface area contributed by atoms with Gasteiger partial charge in [-0.3, -0.25) is 9.89 Å². The van der Waals surface area contributed by atoms with Crippen LogP contribution in [-0.2, 0) is 0 Å².